The van der Waals surface area contributed by atoms with Crippen molar-refractivity contribution in [2.45, 2.75) is 33.7 Å². The van der Waals surface area contributed by atoms with E-state index in [1.807, 2.05) is 38.1 Å². The smallest absolute Gasteiger partial charge is 0.193 e. The van der Waals surface area contributed by atoms with Crippen LogP contribution in [0.1, 0.15) is 30.5 Å². The molecule has 0 atom stereocenters. The van der Waals surface area contributed by atoms with Gasteiger partial charge in [0.2, 0.25) is 0 Å². The Hall–Kier alpha value is -1.76. The minimum Gasteiger partial charge on any atom is -0.494 e. The van der Waals surface area contributed by atoms with Gasteiger partial charge in [-0.2, -0.15) is 0 Å². The number of benzene rings is 2. The fraction of sp³-hybridized carbons (Fsp3) is 0.316. The fourth-order valence-corrected chi connectivity index (χ4v) is 2.31. The SMILES string of the molecule is CCOc1ccc(CN=C(N)Nc2ccc(CC)cc2)cc1C.I. The second-order valence-electron chi connectivity index (χ2n) is 5.41. The van der Waals surface area contributed by atoms with Crippen LogP contribution in [0.4, 0.5) is 5.69 Å². The molecule has 0 fully saturated rings. The maximum absolute atomic E-state index is 5.95. The molecule has 0 bridgehead atoms. The Bertz CT molecular complexity index is 669. The van der Waals surface area contributed by atoms with Crippen LogP contribution >= 0.6 is 24.0 Å². The molecule has 0 amide bonds. The molecule has 5 heteroatoms. The first-order valence-electron chi connectivity index (χ1n) is 8.00. The lowest BCUT2D eigenvalue weighted by molar-refractivity contribution is 0.338. The zero-order chi connectivity index (χ0) is 16.7. The van der Waals surface area contributed by atoms with Gasteiger partial charge in [0, 0.05) is 5.69 Å². The molecule has 0 spiro atoms. The second kappa shape index (κ2) is 10.2. The number of rotatable bonds is 6. The van der Waals surface area contributed by atoms with Gasteiger partial charge in [0.15, 0.2) is 5.96 Å². The molecule has 0 saturated carbocycles. The molecule has 0 aromatic heterocycles. The highest BCUT2D eigenvalue weighted by atomic mass is 127. The second-order valence-corrected chi connectivity index (χ2v) is 5.41. The number of ether oxygens (including phenoxy) is 1. The van der Waals surface area contributed by atoms with E-state index in [9.17, 15) is 0 Å². The Balaban J connectivity index is 0.00000288. The van der Waals surface area contributed by atoms with E-state index in [0.29, 0.717) is 19.1 Å². The van der Waals surface area contributed by atoms with Gasteiger partial charge in [-0.05, 0) is 55.2 Å². The summed E-state index contributed by atoms with van der Waals surface area (Å²) in [5.74, 6) is 1.34. The zero-order valence-electron chi connectivity index (χ0n) is 14.5. The standard InChI is InChI=1S/C19H25N3O.HI/c1-4-15-6-9-17(10-7-15)22-19(20)21-13-16-8-11-18(23-5-2)14(3)12-16;/h6-12H,4-5,13H2,1-3H3,(H3,20,21,22);1H. The minimum absolute atomic E-state index is 0. The van der Waals surface area contributed by atoms with Gasteiger partial charge in [0.25, 0.3) is 0 Å². The molecule has 0 aliphatic rings. The third-order valence-electron chi connectivity index (χ3n) is 3.61. The third-order valence-corrected chi connectivity index (χ3v) is 3.61. The molecule has 4 nitrogen and oxygen atoms in total. The Morgan fingerprint density at radius 2 is 1.75 bits per heavy atom. The number of hydrogen-bond acceptors (Lipinski definition) is 2. The van der Waals surface area contributed by atoms with Crippen molar-refractivity contribution < 1.29 is 4.74 Å². The van der Waals surface area contributed by atoms with Crippen LogP contribution in [0.3, 0.4) is 0 Å². The van der Waals surface area contributed by atoms with Gasteiger partial charge in [-0.1, -0.05) is 31.2 Å². The summed E-state index contributed by atoms with van der Waals surface area (Å²) in [5.41, 5.74) is 10.4. The van der Waals surface area contributed by atoms with Crippen molar-refractivity contribution in [1.82, 2.24) is 0 Å². The summed E-state index contributed by atoms with van der Waals surface area (Å²) >= 11 is 0. The van der Waals surface area contributed by atoms with Crippen molar-refractivity contribution in [3.63, 3.8) is 0 Å². The molecule has 0 heterocycles. The van der Waals surface area contributed by atoms with E-state index in [1.54, 1.807) is 0 Å². The maximum atomic E-state index is 5.95. The number of nitrogens with zero attached hydrogens (tertiary/aromatic N) is 1. The van der Waals surface area contributed by atoms with Crippen LogP contribution in [0.5, 0.6) is 5.75 Å². The molecule has 3 N–H and O–H groups in total. The molecule has 0 aliphatic heterocycles. The molecular weight excluding hydrogens is 413 g/mol. The van der Waals surface area contributed by atoms with Gasteiger partial charge >= 0.3 is 0 Å². The van der Waals surface area contributed by atoms with Crippen molar-refractivity contribution in [3.05, 3.63) is 59.2 Å². The van der Waals surface area contributed by atoms with Crippen LogP contribution in [-0.2, 0) is 13.0 Å². The number of aliphatic imine (C=N–C) groups is 1. The minimum atomic E-state index is 0. The van der Waals surface area contributed by atoms with E-state index in [0.717, 1.165) is 29.0 Å². The van der Waals surface area contributed by atoms with Crippen LogP contribution in [0.2, 0.25) is 0 Å². The maximum Gasteiger partial charge on any atom is 0.193 e. The number of hydrogen-bond donors (Lipinski definition) is 2. The average molecular weight is 439 g/mol. The number of aryl methyl sites for hydroxylation is 2. The van der Waals surface area contributed by atoms with Gasteiger partial charge in [0.1, 0.15) is 5.75 Å². The lowest BCUT2D eigenvalue weighted by atomic mass is 10.1. The fourth-order valence-electron chi connectivity index (χ4n) is 2.31. The predicted octanol–water partition coefficient (Wildman–Crippen LogP) is 4.50. The number of guanidine groups is 1. The van der Waals surface area contributed by atoms with Crippen molar-refractivity contribution in [2.24, 2.45) is 10.7 Å². The summed E-state index contributed by atoms with van der Waals surface area (Å²) in [7, 11) is 0. The van der Waals surface area contributed by atoms with Crippen LogP contribution < -0.4 is 15.8 Å². The molecule has 24 heavy (non-hydrogen) atoms. The van der Waals surface area contributed by atoms with E-state index in [4.69, 9.17) is 10.5 Å². The van der Waals surface area contributed by atoms with E-state index >= 15 is 0 Å². The van der Waals surface area contributed by atoms with Gasteiger partial charge < -0.3 is 15.8 Å². The highest BCUT2D eigenvalue weighted by molar-refractivity contribution is 14.0. The highest BCUT2D eigenvalue weighted by Crippen LogP contribution is 2.19. The highest BCUT2D eigenvalue weighted by Gasteiger charge is 2.01. The van der Waals surface area contributed by atoms with Crippen molar-refractivity contribution >= 4 is 35.6 Å². The Morgan fingerprint density at radius 3 is 2.33 bits per heavy atom. The summed E-state index contributed by atoms with van der Waals surface area (Å²) in [6.07, 6.45) is 1.03. The summed E-state index contributed by atoms with van der Waals surface area (Å²) < 4.78 is 5.54. The molecule has 0 unspecified atom stereocenters. The summed E-state index contributed by atoms with van der Waals surface area (Å²) in [6.45, 7) is 7.37. The lowest BCUT2D eigenvalue weighted by Crippen LogP contribution is -2.22. The quantitative estimate of drug-likeness (QED) is 0.396. The van der Waals surface area contributed by atoms with Crippen molar-refractivity contribution in [1.29, 1.82) is 0 Å². The van der Waals surface area contributed by atoms with Crippen molar-refractivity contribution in [2.75, 3.05) is 11.9 Å². The monoisotopic (exact) mass is 439 g/mol. The van der Waals surface area contributed by atoms with Crippen LogP contribution in [0, 0.1) is 6.92 Å². The molecule has 130 valence electrons. The van der Waals surface area contributed by atoms with E-state index < -0.39 is 0 Å². The molecule has 2 aromatic carbocycles. The van der Waals surface area contributed by atoms with E-state index in [-0.39, 0.29) is 24.0 Å². The molecule has 0 saturated heterocycles. The van der Waals surface area contributed by atoms with Gasteiger partial charge in [0.05, 0.1) is 13.2 Å². The Morgan fingerprint density at radius 1 is 1.08 bits per heavy atom. The number of nitrogens with two attached hydrogens (primary N) is 1. The molecule has 2 aromatic rings. The van der Waals surface area contributed by atoms with Crippen LogP contribution in [0.15, 0.2) is 47.5 Å². The Kier molecular flexibility index (Phi) is 8.60. The first kappa shape index (κ1) is 20.3. The number of anilines is 1. The summed E-state index contributed by atoms with van der Waals surface area (Å²) in [4.78, 5) is 4.39. The summed E-state index contributed by atoms with van der Waals surface area (Å²) in [5, 5.41) is 3.11. The molecule has 0 aliphatic carbocycles. The largest absolute Gasteiger partial charge is 0.494 e. The van der Waals surface area contributed by atoms with Crippen LogP contribution in [-0.4, -0.2) is 12.6 Å². The topological polar surface area (TPSA) is 59.6 Å². The van der Waals surface area contributed by atoms with Gasteiger partial charge in [-0.25, -0.2) is 4.99 Å². The first-order valence-corrected chi connectivity index (χ1v) is 8.00. The zero-order valence-corrected chi connectivity index (χ0v) is 16.8. The van der Waals surface area contributed by atoms with E-state index in [1.165, 1.54) is 5.56 Å². The van der Waals surface area contributed by atoms with Gasteiger partial charge in [-0.15, -0.1) is 24.0 Å². The van der Waals surface area contributed by atoms with Gasteiger partial charge in [-0.3, -0.25) is 0 Å². The van der Waals surface area contributed by atoms with Crippen LogP contribution in [0.25, 0.3) is 0 Å². The van der Waals surface area contributed by atoms with Crippen molar-refractivity contribution in [3.8, 4) is 5.75 Å². The predicted molar refractivity (Wildman–Crippen MR) is 113 cm³/mol. The number of halogens is 1. The average Bonchev–Trinajstić information content (AvgIpc) is 2.56. The summed E-state index contributed by atoms with van der Waals surface area (Å²) in [6, 6.07) is 14.3. The lowest BCUT2D eigenvalue weighted by Gasteiger charge is -2.09. The molecular formula is C19H26IN3O. The third kappa shape index (κ3) is 6.03. The number of nitrogens with one attached hydrogen (secondary N) is 1. The van der Waals surface area contributed by atoms with E-state index in [2.05, 4.69) is 35.4 Å². The molecule has 0 radical (unpaired) electrons. The first-order chi connectivity index (χ1) is 11.1. The normalized spacial score (nSPS) is 10.9. The molecule has 2 rings (SSSR count). The Labute approximate surface area is 161 Å².